The smallest absolute Gasteiger partial charge is 0.127 e. The summed E-state index contributed by atoms with van der Waals surface area (Å²) in [7, 11) is 3.16. The van der Waals surface area contributed by atoms with Crippen LogP contribution >= 0.6 is 15.9 Å². The number of hydrogen-bond donors (Lipinski definition) is 1. The molecule has 0 saturated carbocycles. The van der Waals surface area contributed by atoms with Gasteiger partial charge in [0.15, 0.2) is 0 Å². The van der Waals surface area contributed by atoms with Gasteiger partial charge in [0, 0.05) is 22.1 Å². The molecule has 21 heavy (non-hydrogen) atoms. The predicted octanol–water partition coefficient (Wildman–Crippen LogP) is 3.85. The second-order valence-electron chi connectivity index (χ2n) is 4.65. The van der Waals surface area contributed by atoms with Crippen molar-refractivity contribution in [2.24, 2.45) is 5.73 Å². The highest BCUT2D eigenvalue weighted by Gasteiger charge is 2.15. The van der Waals surface area contributed by atoms with Crippen LogP contribution in [-0.2, 0) is 6.42 Å². The molecule has 0 aliphatic carbocycles. The van der Waals surface area contributed by atoms with Crippen LogP contribution in [0.1, 0.15) is 17.2 Å². The minimum atomic E-state index is -0.366. The van der Waals surface area contributed by atoms with Crippen molar-refractivity contribution < 1.29 is 13.9 Å². The van der Waals surface area contributed by atoms with E-state index in [1.165, 1.54) is 6.07 Å². The zero-order chi connectivity index (χ0) is 15.4. The van der Waals surface area contributed by atoms with Gasteiger partial charge in [-0.2, -0.15) is 0 Å². The van der Waals surface area contributed by atoms with Crippen molar-refractivity contribution in [3.63, 3.8) is 0 Å². The Bertz CT molecular complexity index is 634. The molecular weight excluding hydrogens is 337 g/mol. The molecule has 0 radical (unpaired) electrons. The van der Waals surface area contributed by atoms with E-state index in [4.69, 9.17) is 15.2 Å². The Balaban J connectivity index is 2.27. The van der Waals surface area contributed by atoms with Crippen molar-refractivity contribution in [3.8, 4) is 11.5 Å². The van der Waals surface area contributed by atoms with Crippen molar-refractivity contribution in [2.45, 2.75) is 12.5 Å². The van der Waals surface area contributed by atoms with Crippen molar-refractivity contribution in [1.82, 2.24) is 0 Å². The zero-order valence-electron chi connectivity index (χ0n) is 11.9. The fourth-order valence-electron chi connectivity index (χ4n) is 2.17. The van der Waals surface area contributed by atoms with Crippen LogP contribution < -0.4 is 15.2 Å². The maximum atomic E-state index is 13.8. The molecule has 2 N–H and O–H groups in total. The topological polar surface area (TPSA) is 44.5 Å². The van der Waals surface area contributed by atoms with Crippen LogP contribution in [0, 0.1) is 5.82 Å². The first-order chi connectivity index (χ1) is 10.0. The van der Waals surface area contributed by atoms with Crippen LogP contribution in [0.2, 0.25) is 0 Å². The van der Waals surface area contributed by atoms with Gasteiger partial charge >= 0.3 is 0 Å². The summed E-state index contributed by atoms with van der Waals surface area (Å²) in [6.45, 7) is 0. The molecule has 0 aliphatic heterocycles. The van der Waals surface area contributed by atoms with E-state index in [0.717, 1.165) is 10.0 Å². The molecule has 5 heteroatoms. The largest absolute Gasteiger partial charge is 0.497 e. The van der Waals surface area contributed by atoms with Crippen LogP contribution in [0.3, 0.4) is 0 Å². The summed E-state index contributed by atoms with van der Waals surface area (Å²) in [5.74, 6) is 1.06. The van der Waals surface area contributed by atoms with Crippen LogP contribution in [0.5, 0.6) is 11.5 Å². The number of ether oxygens (including phenoxy) is 2. The second kappa shape index (κ2) is 6.91. The van der Waals surface area contributed by atoms with E-state index in [1.807, 2.05) is 12.1 Å². The number of nitrogens with two attached hydrogens (primary N) is 1. The van der Waals surface area contributed by atoms with Gasteiger partial charge in [-0.15, -0.1) is 0 Å². The van der Waals surface area contributed by atoms with E-state index in [1.54, 1.807) is 32.4 Å². The second-order valence-corrected chi connectivity index (χ2v) is 5.57. The molecule has 1 unspecified atom stereocenters. The summed E-state index contributed by atoms with van der Waals surface area (Å²) >= 11 is 3.34. The standard InChI is InChI=1S/C16H17BrFNO2/c1-20-12-4-5-13(16(9-12)21-2)15(19)8-10-7-11(17)3-6-14(10)18/h3-7,9,15H,8,19H2,1-2H3. The van der Waals surface area contributed by atoms with E-state index in [0.29, 0.717) is 23.5 Å². The molecule has 1 atom stereocenters. The van der Waals surface area contributed by atoms with Gasteiger partial charge in [0.2, 0.25) is 0 Å². The summed E-state index contributed by atoms with van der Waals surface area (Å²) in [4.78, 5) is 0. The van der Waals surface area contributed by atoms with Crippen LogP contribution in [0.15, 0.2) is 40.9 Å². The Morgan fingerprint density at radius 3 is 2.57 bits per heavy atom. The molecule has 0 bridgehead atoms. The van der Waals surface area contributed by atoms with Crippen molar-refractivity contribution in [1.29, 1.82) is 0 Å². The molecule has 0 amide bonds. The van der Waals surface area contributed by atoms with Gasteiger partial charge in [-0.05, 0) is 36.2 Å². The number of rotatable bonds is 5. The lowest BCUT2D eigenvalue weighted by Crippen LogP contribution is -2.15. The molecule has 0 heterocycles. The average molecular weight is 354 g/mol. The predicted molar refractivity (Wildman–Crippen MR) is 84.3 cm³/mol. The van der Waals surface area contributed by atoms with Crippen molar-refractivity contribution >= 4 is 15.9 Å². The van der Waals surface area contributed by atoms with Crippen molar-refractivity contribution in [3.05, 3.63) is 57.8 Å². The number of halogens is 2. The Kier molecular flexibility index (Phi) is 5.20. The highest BCUT2D eigenvalue weighted by Crippen LogP contribution is 2.30. The Hall–Kier alpha value is -1.59. The van der Waals surface area contributed by atoms with Gasteiger partial charge in [-0.25, -0.2) is 4.39 Å². The Labute approximate surface area is 132 Å². The summed E-state index contributed by atoms with van der Waals surface area (Å²) in [5, 5.41) is 0. The van der Waals surface area contributed by atoms with Crippen molar-refractivity contribution in [2.75, 3.05) is 14.2 Å². The fourth-order valence-corrected chi connectivity index (χ4v) is 2.58. The molecule has 2 aromatic rings. The highest BCUT2D eigenvalue weighted by atomic mass is 79.9. The summed E-state index contributed by atoms with van der Waals surface area (Å²) < 4.78 is 25.1. The quantitative estimate of drug-likeness (QED) is 0.887. The number of hydrogen-bond acceptors (Lipinski definition) is 3. The van der Waals surface area contributed by atoms with Gasteiger partial charge in [-0.3, -0.25) is 0 Å². The number of benzene rings is 2. The molecular formula is C16H17BrFNO2. The fraction of sp³-hybridized carbons (Fsp3) is 0.250. The van der Waals surface area contributed by atoms with E-state index in [-0.39, 0.29) is 11.9 Å². The third-order valence-electron chi connectivity index (χ3n) is 3.29. The van der Waals surface area contributed by atoms with Gasteiger partial charge in [0.1, 0.15) is 17.3 Å². The van der Waals surface area contributed by atoms with E-state index >= 15 is 0 Å². The summed E-state index contributed by atoms with van der Waals surface area (Å²) in [5.41, 5.74) is 7.59. The summed E-state index contributed by atoms with van der Waals surface area (Å²) in [6.07, 6.45) is 0.383. The van der Waals surface area contributed by atoms with E-state index < -0.39 is 0 Å². The molecule has 0 aliphatic rings. The SMILES string of the molecule is COc1ccc(C(N)Cc2cc(Br)ccc2F)c(OC)c1. The normalized spacial score (nSPS) is 12.0. The molecule has 0 saturated heterocycles. The maximum Gasteiger partial charge on any atom is 0.127 e. The molecule has 2 aromatic carbocycles. The monoisotopic (exact) mass is 353 g/mol. The molecule has 0 spiro atoms. The van der Waals surface area contributed by atoms with Gasteiger partial charge in [-0.1, -0.05) is 22.0 Å². The maximum absolute atomic E-state index is 13.8. The van der Waals surface area contributed by atoms with E-state index in [2.05, 4.69) is 15.9 Å². The molecule has 2 rings (SSSR count). The molecule has 112 valence electrons. The third kappa shape index (κ3) is 3.74. The van der Waals surface area contributed by atoms with Crippen LogP contribution in [0.25, 0.3) is 0 Å². The molecule has 0 aromatic heterocycles. The molecule has 0 fully saturated rings. The minimum Gasteiger partial charge on any atom is -0.497 e. The zero-order valence-corrected chi connectivity index (χ0v) is 13.5. The lowest BCUT2D eigenvalue weighted by Gasteiger charge is -2.17. The first kappa shape index (κ1) is 15.8. The van der Waals surface area contributed by atoms with Gasteiger partial charge in [0.25, 0.3) is 0 Å². The third-order valence-corrected chi connectivity index (χ3v) is 3.78. The lowest BCUT2D eigenvalue weighted by molar-refractivity contribution is 0.388. The lowest BCUT2D eigenvalue weighted by atomic mass is 9.98. The first-order valence-electron chi connectivity index (χ1n) is 6.46. The van der Waals surface area contributed by atoms with E-state index in [9.17, 15) is 4.39 Å². The summed E-state index contributed by atoms with van der Waals surface area (Å²) in [6, 6.07) is 9.90. The molecule has 3 nitrogen and oxygen atoms in total. The average Bonchev–Trinajstić information content (AvgIpc) is 2.50. The van der Waals surface area contributed by atoms with Crippen LogP contribution in [-0.4, -0.2) is 14.2 Å². The highest BCUT2D eigenvalue weighted by molar-refractivity contribution is 9.10. The van der Waals surface area contributed by atoms with Crippen LogP contribution in [0.4, 0.5) is 4.39 Å². The van der Waals surface area contributed by atoms with Gasteiger partial charge in [0.05, 0.1) is 14.2 Å². The van der Waals surface area contributed by atoms with Gasteiger partial charge < -0.3 is 15.2 Å². The first-order valence-corrected chi connectivity index (χ1v) is 7.26. The Morgan fingerprint density at radius 2 is 1.90 bits per heavy atom. The minimum absolute atomic E-state index is 0.263. The number of methoxy groups -OCH3 is 2. The Morgan fingerprint density at radius 1 is 1.14 bits per heavy atom.